The SMILES string of the molecule is C=CC(=O)O.CCc1coc(=O)[nH]1. The number of oxazole rings is 1. The molecule has 0 radical (unpaired) electrons. The Hall–Kier alpha value is -1.78. The molecule has 0 saturated carbocycles. The number of hydrogen-bond donors (Lipinski definition) is 2. The van der Waals surface area contributed by atoms with Crippen LogP contribution in [0.5, 0.6) is 0 Å². The Morgan fingerprint density at radius 3 is 2.54 bits per heavy atom. The fourth-order valence-electron chi connectivity index (χ4n) is 0.486. The normalized spacial score (nSPS) is 8.38. The first-order valence-electron chi connectivity index (χ1n) is 3.62. The molecule has 1 heterocycles. The van der Waals surface area contributed by atoms with E-state index in [1.165, 1.54) is 6.26 Å². The van der Waals surface area contributed by atoms with E-state index < -0.39 is 5.97 Å². The summed E-state index contributed by atoms with van der Waals surface area (Å²) in [5.74, 6) is -1.35. The minimum atomic E-state index is -0.981. The van der Waals surface area contributed by atoms with Crippen LogP contribution in [0.25, 0.3) is 0 Å². The molecule has 1 rings (SSSR count). The fraction of sp³-hybridized carbons (Fsp3) is 0.250. The Bertz CT molecular complexity index is 323. The van der Waals surface area contributed by atoms with Crippen LogP contribution in [0.3, 0.4) is 0 Å². The predicted molar refractivity (Wildman–Crippen MR) is 46.5 cm³/mol. The maximum Gasteiger partial charge on any atom is 0.416 e. The molecule has 5 nitrogen and oxygen atoms in total. The smallest absolute Gasteiger partial charge is 0.416 e. The van der Waals surface area contributed by atoms with Gasteiger partial charge in [0.25, 0.3) is 0 Å². The van der Waals surface area contributed by atoms with Crippen molar-refractivity contribution in [2.24, 2.45) is 0 Å². The molecule has 0 spiro atoms. The van der Waals surface area contributed by atoms with Crippen LogP contribution in [0.2, 0.25) is 0 Å². The van der Waals surface area contributed by atoms with Crippen molar-refractivity contribution < 1.29 is 14.3 Å². The molecular weight excluding hydrogens is 174 g/mol. The zero-order valence-electron chi connectivity index (χ0n) is 7.24. The molecule has 1 aromatic heterocycles. The van der Waals surface area contributed by atoms with Gasteiger partial charge < -0.3 is 9.52 Å². The number of carboxylic acid groups (broad SMARTS) is 1. The molecule has 0 aliphatic carbocycles. The minimum Gasteiger partial charge on any atom is -0.478 e. The molecule has 72 valence electrons. The number of nitrogens with one attached hydrogen (secondary N) is 1. The Labute approximate surface area is 74.7 Å². The van der Waals surface area contributed by atoms with Crippen LogP contribution in [0.1, 0.15) is 12.6 Å². The number of hydrogen-bond acceptors (Lipinski definition) is 3. The summed E-state index contributed by atoms with van der Waals surface area (Å²) < 4.78 is 4.44. The van der Waals surface area contributed by atoms with Gasteiger partial charge in [-0.25, -0.2) is 9.59 Å². The molecule has 5 heteroatoms. The molecule has 0 saturated heterocycles. The first-order chi connectivity index (χ1) is 6.10. The van der Waals surface area contributed by atoms with Gasteiger partial charge >= 0.3 is 11.7 Å². The number of H-pyrrole nitrogens is 1. The lowest BCUT2D eigenvalue weighted by Gasteiger charge is -1.77. The molecule has 0 atom stereocenters. The molecule has 0 aliphatic heterocycles. The van der Waals surface area contributed by atoms with Gasteiger partial charge in [0.2, 0.25) is 0 Å². The maximum absolute atomic E-state index is 10.2. The van der Waals surface area contributed by atoms with E-state index in [-0.39, 0.29) is 5.76 Å². The highest BCUT2D eigenvalue weighted by atomic mass is 16.4. The second-order valence-electron chi connectivity index (χ2n) is 2.07. The number of aromatic nitrogens is 1. The summed E-state index contributed by atoms with van der Waals surface area (Å²) >= 11 is 0. The number of rotatable bonds is 2. The number of aryl methyl sites for hydroxylation is 1. The zero-order chi connectivity index (χ0) is 10.3. The van der Waals surface area contributed by atoms with Crippen LogP contribution in [-0.4, -0.2) is 16.1 Å². The number of carbonyl (C=O) groups is 1. The van der Waals surface area contributed by atoms with E-state index in [1.807, 2.05) is 6.92 Å². The second kappa shape index (κ2) is 5.82. The van der Waals surface area contributed by atoms with Crippen LogP contribution < -0.4 is 5.76 Å². The van der Waals surface area contributed by atoms with Crippen molar-refractivity contribution in [2.75, 3.05) is 0 Å². The van der Waals surface area contributed by atoms with E-state index in [1.54, 1.807) is 0 Å². The third-order valence-electron chi connectivity index (χ3n) is 1.13. The molecule has 2 N–H and O–H groups in total. The highest BCUT2D eigenvalue weighted by molar-refractivity contribution is 5.78. The van der Waals surface area contributed by atoms with E-state index in [2.05, 4.69) is 16.0 Å². The van der Waals surface area contributed by atoms with Crippen molar-refractivity contribution in [1.82, 2.24) is 4.98 Å². The van der Waals surface area contributed by atoms with Gasteiger partial charge in [0.1, 0.15) is 6.26 Å². The predicted octanol–water partition coefficient (Wildman–Crippen LogP) is 0.787. The number of aromatic amines is 1. The van der Waals surface area contributed by atoms with Gasteiger partial charge in [0.15, 0.2) is 0 Å². The van der Waals surface area contributed by atoms with Crippen LogP contribution in [-0.2, 0) is 11.2 Å². The molecule has 13 heavy (non-hydrogen) atoms. The number of carboxylic acids is 1. The average Bonchev–Trinajstić information content (AvgIpc) is 2.52. The largest absolute Gasteiger partial charge is 0.478 e. The third-order valence-corrected chi connectivity index (χ3v) is 1.13. The van der Waals surface area contributed by atoms with Gasteiger partial charge in [0, 0.05) is 6.08 Å². The Balaban J connectivity index is 0.000000252. The van der Waals surface area contributed by atoms with Crippen molar-refractivity contribution in [2.45, 2.75) is 13.3 Å². The van der Waals surface area contributed by atoms with E-state index in [0.717, 1.165) is 18.2 Å². The first-order valence-corrected chi connectivity index (χ1v) is 3.62. The maximum atomic E-state index is 10.2. The Morgan fingerprint density at radius 1 is 1.85 bits per heavy atom. The Kier molecular flexibility index (Phi) is 5.02. The van der Waals surface area contributed by atoms with Gasteiger partial charge in [-0.3, -0.25) is 4.98 Å². The monoisotopic (exact) mass is 185 g/mol. The standard InChI is InChI=1S/C5H7NO2.C3H4O2/c1-2-4-3-8-5(7)6-4;1-2-3(4)5/h3H,2H2,1H3,(H,6,7);2H,1H2,(H,4,5). The highest BCUT2D eigenvalue weighted by Crippen LogP contribution is 1.88. The highest BCUT2D eigenvalue weighted by Gasteiger charge is 1.90. The summed E-state index contributed by atoms with van der Waals surface area (Å²) in [6.45, 7) is 4.91. The van der Waals surface area contributed by atoms with Gasteiger partial charge in [-0.05, 0) is 6.42 Å². The summed E-state index contributed by atoms with van der Waals surface area (Å²) in [5.41, 5.74) is 0.843. The van der Waals surface area contributed by atoms with Gasteiger partial charge in [0.05, 0.1) is 5.69 Å². The Morgan fingerprint density at radius 2 is 2.38 bits per heavy atom. The van der Waals surface area contributed by atoms with E-state index in [0.29, 0.717) is 0 Å². The van der Waals surface area contributed by atoms with Gasteiger partial charge in [-0.15, -0.1) is 0 Å². The molecule has 0 aromatic carbocycles. The summed E-state index contributed by atoms with van der Waals surface area (Å²) in [4.78, 5) is 22.0. The lowest BCUT2D eigenvalue weighted by Crippen LogP contribution is -1.95. The zero-order valence-corrected chi connectivity index (χ0v) is 7.24. The van der Waals surface area contributed by atoms with Crippen molar-refractivity contribution >= 4 is 5.97 Å². The lowest BCUT2D eigenvalue weighted by molar-refractivity contribution is -0.131. The first kappa shape index (κ1) is 11.2. The van der Waals surface area contributed by atoms with Crippen LogP contribution in [0.4, 0.5) is 0 Å². The summed E-state index contributed by atoms with van der Waals surface area (Å²) in [6.07, 6.45) is 3.08. The van der Waals surface area contributed by atoms with Crippen LogP contribution in [0, 0.1) is 0 Å². The molecule has 0 aliphatic rings. The lowest BCUT2D eigenvalue weighted by atomic mass is 10.4. The van der Waals surface area contributed by atoms with Gasteiger partial charge in [-0.2, -0.15) is 0 Å². The van der Waals surface area contributed by atoms with Crippen molar-refractivity contribution in [3.8, 4) is 0 Å². The van der Waals surface area contributed by atoms with E-state index in [9.17, 15) is 9.59 Å². The minimum absolute atomic E-state index is 0.373. The van der Waals surface area contributed by atoms with E-state index in [4.69, 9.17) is 5.11 Å². The molecule has 0 bridgehead atoms. The average molecular weight is 185 g/mol. The molecule has 0 amide bonds. The quantitative estimate of drug-likeness (QED) is 0.667. The van der Waals surface area contributed by atoms with Crippen molar-refractivity contribution in [3.05, 3.63) is 35.2 Å². The van der Waals surface area contributed by atoms with Gasteiger partial charge in [-0.1, -0.05) is 13.5 Å². The van der Waals surface area contributed by atoms with Crippen molar-refractivity contribution in [1.29, 1.82) is 0 Å². The molecular formula is C8H11NO4. The van der Waals surface area contributed by atoms with Crippen molar-refractivity contribution in [3.63, 3.8) is 0 Å². The summed E-state index contributed by atoms with van der Waals surface area (Å²) in [7, 11) is 0. The fourth-order valence-corrected chi connectivity index (χ4v) is 0.486. The van der Waals surface area contributed by atoms with E-state index >= 15 is 0 Å². The summed E-state index contributed by atoms with van der Waals surface area (Å²) in [5, 5.41) is 7.60. The van der Waals surface area contributed by atoms with Crippen LogP contribution >= 0.6 is 0 Å². The summed E-state index contributed by atoms with van der Waals surface area (Å²) in [6, 6.07) is 0. The molecule has 0 fully saturated rings. The second-order valence-corrected chi connectivity index (χ2v) is 2.07. The molecule has 1 aromatic rings. The van der Waals surface area contributed by atoms with Crippen LogP contribution in [0.15, 0.2) is 28.1 Å². The third kappa shape index (κ3) is 5.49. The molecule has 0 unspecified atom stereocenters. The number of aliphatic carboxylic acids is 1. The topological polar surface area (TPSA) is 83.3 Å².